The van der Waals surface area contributed by atoms with E-state index in [0.29, 0.717) is 12.8 Å². The van der Waals surface area contributed by atoms with Gasteiger partial charge in [0.25, 0.3) is 0 Å². The molecule has 9 N–H and O–H groups in total. The molecule has 0 spiro atoms. The Morgan fingerprint density at radius 3 is 1.24 bits per heavy atom. The molecule has 2 fully saturated rings. The molecule has 492 valence electrons. The van der Waals surface area contributed by atoms with Gasteiger partial charge in [-0.05, 0) is 64.2 Å². The van der Waals surface area contributed by atoms with E-state index in [2.05, 4.69) is 55.6 Å². The molecule has 2 rings (SSSR count). The fourth-order valence-corrected chi connectivity index (χ4v) is 11.4. The summed E-state index contributed by atoms with van der Waals surface area (Å²) in [5.74, 6) is -0.246. The molecular weight excluding hydrogens is 1060 g/mol. The molecule has 0 bridgehead atoms. The van der Waals surface area contributed by atoms with E-state index in [1.807, 2.05) is 6.08 Å². The fraction of sp³-hybridized carbons (Fsp3) is 0.871. The molecule has 0 aromatic carbocycles. The van der Waals surface area contributed by atoms with E-state index in [0.717, 1.165) is 38.5 Å². The van der Waals surface area contributed by atoms with Crippen molar-refractivity contribution in [2.24, 2.45) is 0 Å². The van der Waals surface area contributed by atoms with E-state index >= 15 is 0 Å². The number of hydrogen-bond donors (Lipinski definition) is 9. The van der Waals surface area contributed by atoms with Crippen LogP contribution in [0.1, 0.15) is 296 Å². The molecule has 0 radical (unpaired) electrons. The van der Waals surface area contributed by atoms with Gasteiger partial charge in [0, 0.05) is 6.42 Å². The summed E-state index contributed by atoms with van der Waals surface area (Å²) in [6.07, 6.45) is 55.1. The van der Waals surface area contributed by atoms with Crippen molar-refractivity contribution in [2.45, 2.75) is 370 Å². The predicted molar refractivity (Wildman–Crippen MR) is 341 cm³/mol. The van der Waals surface area contributed by atoms with Gasteiger partial charge in [-0.25, -0.2) is 0 Å². The number of allylic oxidation sites excluding steroid dienone is 7. The smallest absolute Gasteiger partial charge is 0.220 e. The summed E-state index contributed by atoms with van der Waals surface area (Å²) < 4.78 is 22.7. The first-order chi connectivity index (χ1) is 41.1. The molecule has 1 amide bonds. The summed E-state index contributed by atoms with van der Waals surface area (Å²) in [6, 6.07) is -0.929. The van der Waals surface area contributed by atoms with Gasteiger partial charge < -0.3 is 65.1 Å². The van der Waals surface area contributed by atoms with Crippen LogP contribution in [0.3, 0.4) is 0 Å². The molecule has 14 heteroatoms. The summed E-state index contributed by atoms with van der Waals surface area (Å²) in [4.78, 5) is 13.3. The maximum atomic E-state index is 13.3. The molecule has 0 aliphatic carbocycles. The molecule has 2 saturated heterocycles. The largest absolute Gasteiger partial charge is 0.394 e. The number of ether oxygens (including phenoxy) is 4. The van der Waals surface area contributed by atoms with Crippen molar-refractivity contribution in [3.63, 3.8) is 0 Å². The average molecular weight is 1190 g/mol. The average Bonchev–Trinajstić information content (AvgIpc) is 3.59. The lowest BCUT2D eigenvalue weighted by Gasteiger charge is -2.46. The molecule has 2 aliphatic rings. The molecule has 0 aromatic rings. The van der Waals surface area contributed by atoms with E-state index in [1.54, 1.807) is 6.08 Å². The first-order valence-corrected chi connectivity index (χ1v) is 34.9. The number of aliphatic hydroxyl groups excluding tert-OH is 8. The van der Waals surface area contributed by atoms with Gasteiger partial charge in [0.2, 0.25) is 5.91 Å². The normalized spacial score (nSPS) is 23.9. The van der Waals surface area contributed by atoms with Crippen LogP contribution >= 0.6 is 0 Å². The highest BCUT2D eigenvalue weighted by atomic mass is 16.7. The van der Waals surface area contributed by atoms with E-state index < -0.39 is 86.8 Å². The molecule has 2 aliphatic heterocycles. The number of aliphatic hydroxyl groups is 8. The lowest BCUT2D eigenvalue weighted by Crippen LogP contribution is -2.65. The Labute approximate surface area is 512 Å². The Morgan fingerprint density at radius 1 is 0.429 bits per heavy atom. The van der Waals surface area contributed by atoms with Crippen molar-refractivity contribution in [1.29, 1.82) is 0 Å². The maximum absolute atomic E-state index is 13.3. The van der Waals surface area contributed by atoms with Crippen molar-refractivity contribution >= 4 is 5.91 Å². The van der Waals surface area contributed by atoms with Crippen molar-refractivity contribution in [1.82, 2.24) is 5.32 Å². The molecule has 84 heavy (non-hydrogen) atoms. The number of carbonyl (C=O) groups is 1. The second-order valence-electron chi connectivity index (χ2n) is 24.6. The van der Waals surface area contributed by atoms with Crippen LogP contribution in [0, 0.1) is 0 Å². The van der Waals surface area contributed by atoms with Gasteiger partial charge in [0.05, 0.1) is 32.0 Å². The second kappa shape index (κ2) is 55.1. The number of rotatable bonds is 57. The molecule has 2 heterocycles. The van der Waals surface area contributed by atoms with Gasteiger partial charge in [-0.3, -0.25) is 4.79 Å². The minimum atomic E-state index is -1.79. The number of hydrogen-bond acceptors (Lipinski definition) is 13. The highest BCUT2D eigenvalue weighted by Gasteiger charge is 2.51. The number of nitrogens with one attached hydrogen (secondary N) is 1. The van der Waals surface area contributed by atoms with Crippen molar-refractivity contribution in [2.75, 3.05) is 19.8 Å². The SMILES string of the molecule is CCCCCCC/C=C\C/C=C\CCCCCCCCCCCCCCCCCCCCCCCCCCCCCC(=O)NC(COC1OC(CO)C(OC2OC(CO)C(O)C(O)C2O)C(O)C1O)C(O)/C=C/CC/C=C/CCCCCCC. The van der Waals surface area contributed by atoms with Crippen LogP contribution in [0.4, 0.5) is 0 Å². The van der Waals surface area contributed by atoms with E-state index in [4.69, 9.17) is 18.9 Å². The Bertz CT molecular complexity index is 1590. The number of amides is 1. The third kappa shape index (κ3) is 39.1. The Hall–Kier alpha value is -2.05. The standard InChI is InChI=1S/C70H129NO13/c1-3-5-7-9-11-13-15-16-17-18-19-20-21-22-23-24-25-26-27-28-29-30-31-32-33-34-35-36-37-38-39-40-41-42-44-46-48-50-52-54-62(75)71-58(59(74)53-51-49-47-45-43-14-12-10-8-6-4-2)57-81-69-67(80)65(78)68(61(56-73)83-69)84-70-66(79)64(77)63(76)60(55-72)82-70/h15-16,18-19,43,45,51,53,58-61,63-70,72-74,76-80H,3-14,17,20-42,44,46-50,52,54-57H2,1-2H3,(H,71,75)/b16-15-,19-18-,45-43+,53-51+. The summed E-state index contributed by atoms with van der Waals surface area (Å²) in [6.45, 7) is 2.76. The minimum absolute atomic E-state index is 0.246. The molecule has 0 saturated carbocycles. The number of unbranched alkanes of at least 4 members (excludes halogenated alkanes) is 38. The summed E-state index contributed by atoms with van der Waals surface area (Å²) in [7, 11) is 0. The zero-order valence-electron chi connectivity index (χ0n) is 53.4. The summed E-state index contributed by atoms with van der Waals surface area (Å²) in [5.41, 5.74) is 0. The first-order valence-electron chi connectivity index (χ1n) is 34.9. The molecule has 12 atom stereocenters. The first kappa shape index (κ1) is 78.0. The van der Waals surface area contributed by atoms with Crippen molar-refractivity contribution < 1.29 is 64.6 Å². The van der Waals surface area contributed by atoms with Gasteiger partial charge in [-0.15, -0.1) is 0 Å². The minimum Gasteiger partial charge on any atom is -0.394 e. The Morgan fingerprint density at radius 2 is 0.798 bits per heavy atom. The third-order valence-corrected chi connectivity index (χ3v) is 17.0. The van der Waals surface area contributed by atoms with Gasteiger partial charge in [-0.1, -0.05) is 274 Å². The van der Waals surface area contributed by atoms with Gasteiger partial charge in [0.15, 0.2) is 12.6 Å². The van der Waals surface area contributed by atoms with E-state index in [-0.39, 0.29) is 18.9 Å². The van der Waals surface area contributed by atoms with Gasteiger partial charge >= 0.3 is 0 Å². The fourth-order valence-electron chi connectivity index (χ4n) is 11.4. The highest BCUT2D eigenvalue weighted by molar-refractivity contribution is 5.76. The highest BCUT2D eigenvalue weighted by Crippen LogP contribution is 2.30. The van der Waals surface area contributed by atoms with Gasteiger partial charge in [0.1, 0.15) is 48.8 Å². The lowest BCUT2D eigenvalue weighted by molar-refractivity contribution is -0.359. The van der Waals surface area contributed by atoms with E-state index in [9.17, 15) is 45.6 Å². The van der Waals surface area contributed by atoms with Crippen molar-refractivity contribution in [3.8, 4) is 0 Å². The molecule has 12 unspecified atom stereocenters. The summed E-state index contributed by atoms with van der Waals surface area (Å²) >= 11 is 0. The Kier molecular flexibility index (Phi) is 51.1. The van der Waals surface area contributed by atoms with Crippen LogP contribution in [-0.4, -0.2) is 140 Å². The topological polar surface area (TPSA) is 228 Å². The summed E-state index contributed by atoms with van der Waals surface area (Å²) in [5, 5.41) is 87.0. The van der Waals surface area contributed by atoms with Crippen molar-refractivity contribution in [3.05, 3.63) is 48.6 Å². The van der Waals surface area contributed by atoms with Crippen LogP contribution in [0.15, 0.2) is 48.6 Å². The van der Waals surface area contributed by atoms with Gasteiger partial charge in [-0.2, -0.15) is 0 Å². The van der Waals surface area contributed by atoms with Crippen LogP contribution < -0.4 is 5.32 Å². The second-order valence-corrected chi connectivity index (χ2v) is 24.6. The van der Waals surface area contributed by atoms with Crippen LogP contribution in [0.5, 0.6) is 0 Å². The van der Waals surface area contributed by atoms with Crippen LogP contribution in [0.25, 0.3) is 0 Å². The number of carbonyl (C=O) groups excluding carboxylic acids is 1. The zero-order chi connectivity index (χ0) is 60.9. The molecule has 0 aromatic heterocycles. The lowest BCUT2D eigenvalue weighted by atomic mass is 9.97. The molecular formula is C70H129NO13. The third-order valence-electron chi connectivity index (χ3n) is 17.0. The monoisotopic (exact) mass is 1190 g/mol. The maximum Gasteiger partial charge on any atom is 0.220 e. The Balaban J connectivity index is 1.53. The molecule has 14 nitrogen and oxygen atoms in total. The van der Waals surface area contributed by atoms with Crippen LogP contribution in [-0.2, 0) is 23.7 Å². The van der Waals surface area contributed by atoms with E-state index in [1.165, 1.54) is 225 Å². The quantitative estimate of drug-likeness (QED) is 0.0204. The zero-order valence-corrected chi connectivity index (χ0v) is 53.4. The van der Waals surface area contributed by atoms with Crippen LogP contribution in [0.2, 0.25) is 0 Å². The predicted octanol–water partition coefficient (Wildman–Crippen LogP) is 13.9.